The lowest BCUT2D eigenvalue weighted by atomic mass is 10.3. The first kappa shape index (κ1) is 13.7. The highest BCUT2D eigenvalue weighted by Crippen LogP contribution is 2.03. The molecule has 0 unspecified atom stereocenters. The highest BCUT2D eigenvalue weighted by molar-refractivity contribution is 5.90. The van der Waals surface area contributed by atoms with Crippen LogP contribution in [0.15, 0.2) is 0 Å². The number of carbonyl (C=O) groups is 1. The molecule has 0 radical (unpaired) electrons. The van der Waals surface area contributed by atoms with E-state index in [1.807, 2.05) is 6.92 Å². The molecule has 1 amide bonds. The standard InChI is InChI=1S/C12H22N4O/c1-4-7-9-16(6-3)12(17)11-13-10(8-5-2)14-15-11/h4-9H2,1-3H3,(H,13,14,15). The Hall–Kier alpha value is -1.39. The van der Waals surface area contributed by atoms with Crippen LogP contribution in [-0.4, -0.2) is 39.1 Å². The highest BCUT2D eigenvalue weighted by atomic mass is 16.2. The van der Waals surface area contributed by atoms with E-state index in [4.69, 9.17) is 0 Å². The zero-order chi connectivity index (χ0) is 12.7. The van der Waals surface area contributed by atoms with Gasteiger partial charge in [-0.05, 0) is 19.8 Å². The first-order valence-electron chi connectivity index (χ1n) is 6.43. The third-order valence-corrected chi connectivity index (χ3v) is 2.66. The van der Waals surface area contributed by atoms with Crippen LogP contribution in [0.5, 0.6) is 0 Å². The van der Waals surface area contributed by atoms with Gasteiger partial charge in [-0.3, -0.25) is 9.89 Å². The van der Waals surface area contributed by atoms with Crippen molar-refractivity contribution < 1.29 is 4.79 Å². The summed E-state index contributed by atoms with van der Waals surface area (Å²) in [6.45, 7) is 7.65. The van der Waals surface area contributed by atoms with E-state index in [0.29, 0.717) is 12.4 Å². The maximum Gasteiger partial charge on any atom is 0.293 e. The summed E-state index contributed by atoms with van der Waals surface area (Å²) in [5.41, 5.74) is 0. The SMILES string of the molecule is CCCCN(CC)C(=O)c1n[nH]c(CCC)n1. The summed E-state index contributed by atoms with van der Waals surface area (Å²) in [5, 5.41) is 6.80. The zero-order valence-electron chi connectivity index (χ0n) is 11.0. The van der Waals surface area contributed by atoms with Crippen LogP contribution >= 0.6 is 0 Å². The van der Waals surface area contributed by atoms with Crippen molar-refractivity contribution in [3.05, 3.63) is 11.6 Å². The lowest BCUT2D eigenvalue weighted by Crippen LogP contribution is -2.32. The normalized spacial score (nSPS) is 10.5. The van der Waals surface area contributed by atoms with Gasteiger partial charge in [-0.2, -0.15) is 0 Å². The number of unbranched alkanes of at least 4 members (excludes halogenated alkanes) is 1. The van der Waals surface area contributed by atoms with Gasteiger partial charge in [0.15, 0.2) is 0 Å². The molecule has 1 aromatic rings. The lowest BCUT2D eigenvalue weighted by Gasteiger charge is -2.18. The van der Waals surface area contributed by atoms with E-state index in [2.05, 4.69) is 29.0 Å². The number of hydrogen-bond acceptors (Lipinski definition) is 3. The molecule has 0 saturated carbocycles. The molecule has 1 rings (SSSR count). The highest BCUT2D eigenvalue weighted by Gasteiger charge is 2.18. The third kappa shape index (κ3) is 3.84. The summed E-state index contributed by atoms with van der Waals surface area (Å²) in [4.78, 5) is 18.1. The van der Waals surface area contributed by atoms with Crippen LogP contribution in [0.4, 0.5) is 0 Å². The van der Waals surface area contributed by atoms with Gasteiger partial charge in [-0.25, -0.2) is 4.98 Å². The summed E-state index contributed by atoms with van der Waals surface area (Å²) in [6.07, 6.45) is 3.93. The molecular formula is C12H22N4O. The molecule has 1 aromatic heterocycles. The Morgan fingerprint density at radius 1 is 1.29 bits per heavy atom. The van der Waals surface area contributed by atoms with Crippen molar-refractivity contribution >= 4 is 5.91 Å². The number of hydrogen-bond donors (Lipinski definition) is 1. The van der Waals surface area contributed by atoms with Crippen molar-refractivity contribution in [3.63, 3.8) is 0 Å². The number of H-pyrrole nitrogens is 1. The molecule has 1 N–H and O–H groups in total. The van der Waals surface area contributed by atoms with Gasteiger partial charge in [0.05, 0.1) is 0 Å². The van der Waals surface area contributed by atoms with Crippen LogP contribution in [0.1, 0.15) is 56.5 Å². The monoisotopic (exact) mass is 238 g/mol. The van der Waals surface area contributed by atoms with Crippen LogP contribution < -0.4 is 0 Å². The van der Waals surface area contributed by atoms with Crippen molar-refractivity contribution in [2.75, 3.05) is 13.1 Å². The van der Waals surface area contributed by atoms with E-state index in [9.17, 15) is 4.79 Å². The predicted octanol–water partition coefficient (Wildman–Crippen LogP) is 2.02. The molecule has 1 heterocycles. The Morgan fingerprint density at radius 2 is 2.06 bits per heavy atom. The molecule has 0 spiro atoms. The number of aryl methyl sites for hydroxylation is 1. The van der Waals surface area contributed by atoms with E-state index < -0.39 is 0 Å². The fourth-order valence-electron chi connectivity index (χ4n) is 1.63. The van der Waals surface area contributed by atoms with Gasteiger partial charge < -0.3 is 4.90 Å². The minimum absolute atomic E-state index is 0.0699. The maximum atomic E-state index is 12.1. The van der Waals surface area contributed by atoms with Gasteiger partial charge in [-0.1, -0.05) is 20.3 Å². The van der Waals surface area contributed by atoms with E-state index in [-0.39, 0.29) is 5.91 Å². The van der Waals surface area contributed by atoms with Gasteiger partial charge in [0.1, 0.15) is 5.82 Å². The second kappa shape index (κ2) is 7.04. The van der Waals surface area contributed by atoms with Crippen molar-refractivity contribution in [1.29, 1.82) is 0 Å². The minimum Gasteiger partial charge on any atom is -0.336 e. The number of carbonyl (C=O) groups excluding carboxylic acids is 1. The summed E-state index contributed by atoms with van der Waals surface area (Å²) < 4.78 is 0. The number of rotatable bonds is 7. The van der Waals surface area contributed by atoms with E-state index >= 15 is 0 Å². The van der Waals surface area contributed by atoms with Crippen molar-refractivity contribution in [2.24, 2.45) is 0 Å². The summed E-state index contributed by atoms with van der Waals surface area (Å²) in [5.74, 6) is 1.02. The first-order chi connectivity index (χ1) is 8.22. The molecule has 0 bridgehead atoms. The van der Waals surface area contributed by atoms with Gasteiger partial charge in [0.25, 0.3) is 5.91 Å². The molecular weight excluding hydrogens is 216 g/mol. The zero-order valence-corrected chi connectivity index (χ0v) is 11.0. The molecule has 0 fully saturated rings. The Morgan fingerprint density at radius 3 is 2.65 bits per heavy atom. The van der Waals surface area contributed by atoms with Gasteiger partial charge >= 0.3 is 0 Å². The first-order valence-corrected chi connectivity index (χ1v) is 6.43. The topological polar surface area (TPSA) is 61.9 Å². The Labute approximate surface area is 103 Å². The number of aromatic amines is 1. The number of amides is 1. The second-order valence-corrected chi connectivity index (χ2v) is 4.09. The van der Waals surface area contributed by atoms with Crippen LogP contribution in [0.2, 0.25) is 0 Å². The van der Waals surface area contributed by atoms with Crippen molar-refractivity contribution in [2.45, 2.75) is 46.5 Å². The van der Waals surface area contributed by atoms with Gasteiger partial charge in [0.2, 0.25) is 5.82 Å². The van der Waals surface area contributed by atoms with Crippen LogP contribution in [0.3, 0.4) is 0 Å². The smallest absolute Gasteiger partial charge is 0.293 e. The maximum absolute atomic E-state index is 12.1. The average Bonchev–Trinajstić information content (AvgIpc) is 2.79. The fraction of sp³-hybridized carbons (Fsp3) is 0.750. The molecule has 96 valence electrons. The molecule has 5 heteroatoms. The molecule has 0 atom stereocenters. The van der Waals surface area contributed by atoms with Crippen molar-refractivity contribution in [1.82, 2.24) is 20.1 Å². The van der Waals surface area contributed by atoms with E-state index in [1.165, 1.54) is 0 Å². The molecule has 5 nitrogen and oxygen atoms in total. The number of nitrogens with zero attached hydrogens (tertiary/aromatic N) is 3. The summed E-state index contributed by atoms with van der Waals surface area (Å²) in [7, 11) is 0. The minimum atomic E-state index is -0.0699. The second-order valence-electron chi connectivity index (χ2n) is 4.09. The molecule has 0 saturated heterocycles. The van der Waals surface area contributed by atoms with Gasteiger partial charge in [0, 0.05) is 19.5 Å². The molecule has 0 aliphatic carbocycles. The third-order valence-electron chi connectivity index (χ3n) is 2.66. The molecule has 17 heavy (non-hydrogen) atoms. The fourth-order valence-corrected chi connectivity index (χ4v) is 1.63. The summed E-state index contributed by atoms with van der Waals surface area (Å²) in [6, 6.07) is 0. The van der Waals surface area contributed by atoms with Crippen LogP contribution in [0, 0.1) is 0 Å². The average molecular weight is 238 g/mol. The van der Waals surface area contributed by atoms with Crippen molar-refractivity contribution in [3.8, 4) is 0 Å². The number of aromatic nitrogens is 3. The number of nitrogens with one attached hydrogen (secondary N) is 1. The Kier molecular flexibility index (Phi) is 5.66. The van der Waals surface area contributed by atoms with Crippen LogP contribution in [0.25, 0.3) is 0 Å². The van der Waals surface area contributed by atoms with Gasteiger partial charge in [-0.15, -0.1) is 5.10 Å². The lowest BCUT2D eigenvalue weighted by molar-refractivity contribution is 0.0750. The molecule has 0 aromatic carbocycles. The Bertz CT molecular complexity index is 348. The summed E-state index contributed by atoms with van der Waals surface area (Å²) >= 11 is 0. The molecule has 0 aliphatic rings. The van der Waals surface area contributed by atoms with E-state index in [0.717, 1.165) is 38.1 Å². The largest absolute Gasteiger partial charge is 0.336 e. The Balaban J connectivity index is 2.65. The molecule has 0 aliphatic heterocycles. The van der Waals surface area contributed by atoms with Crippen LogP contribution in [-0.2, 0) is 6.42 Å². The quantitative estimate of drug-likeness (QED) is 0.790. The predicted molar refractivity (Wildman–Crippen MR) is 66.9 cm³/mol. The van der Waals surface area contributed by atoms with E-state index in [1.54, 1.807) is 4.90 Å².